The summed E-state index contributed by atoms with van der Waals surface area (Å²) >= 11 is 0. The predicted octanol–water partition coefficient (Wildman–Crippen LogP) is 1.52. The molecule has 3 N–H and O–H groups in total. The fraction of sp³-hybridized carbons (Fsp3) is 0.583. The lowest BCUT2D eigenvalue weighted by molar-refractivity contribution is 0.0691. The van der Waals surface area contributed by atoms with Gasteiger partial charge < -0.3 is 20.5 Å². The van der Waals surface area contributed by atoms with Gasteiger partial charge in [-0.05, 0) is 25.0 Å². The van der Waals surface area contributed by atoms with Gasteiger partial charge in [0.25, 0.3) is 0 Å². The normalized spacial score (nSPS) is 10.4. The van der Waals surface area contributed by atoms with E-state index in [1.165, 1.54) is 0 Å². The first-order chi connectivity index (χ1) is 8.34. The highest BCUT2D eigenvalue weighted by Crippen LogP contribution is 2.12. The van der Waals surface area contributed by atoms with Gasteiger partial charge in [0, 0.05) is 26.5 Å². The van der Waals surface area contributed by atoms with E-state index in [0.717, 1.165) is 31.8 Å². The van der Waals surface area contributed by atoms with E-state index in [1.807, 2.05) is 12.1 Å². The Morgan fingerprint density at radius 2 is 2.18 bits per heavy atom. The van der Waals surface area contributed by atoms with E-state index in [0.29, 0.717) is 18.9 Å². The maximum absolute atomic E-state index is 5.75. The van der Waals surface area contributed by atoms with Crippen LogP contribution in [0.25, 0.3) is 0 Å². The molecule has 0 atom stereocenters. The van der Waals surface area contributed by atoms with Crippen molar-refractivity contribution in [2.45, 2.75) is 12.8 Å². The zero-order valence-corrected chi connectivity index (χ0v) is 10.3. The summed E-state index contributed by atoms with van der Waals surface area (Å²) < 4.78 is 10.2. The van der Waals surface area contributed by atoms with Crippen LogP contribution in [0.4, 0.5) is 11.5 Å². The van der Waals surface area contributed by atoms with Crippen molar-refractivity contribution in [1.29, 1.82) is 0 Å². The largest absolute Gasteiger partial charge is 0.396 e. The molecule has 0 aromatic carbocycles. The average Bonchev–Trinajstić information content (AvgIpc) is 2.35. The molecule has 0 fully saturated rings. The Morgan fingerprint density at radius 3 is 2.94 bits per heavy atom. The van der Waals surface area contributed by atoms with Crippen LogP contribution in [0.2, 0.25) is 0 Å². The van der Waals surface area contributed by atoms with Crippen molar-refractivity contribution in [3.8, 4) is 0 Å². The van der Waals surface area contributed by atoms with Crippen molar-refractivity contribution in [1.82, 2.24) is 4.98 Å². The quantitative estimate of drug-likeness (QED) is 0.639. The predicted molar refractivity (Wildman–Crippen MR) is 69.1 cm³/mol. The Bertz CT molecular complexity index is 308. The Kier molecular flexibility index (Phi) is 7.09. The Labute approximate surface area is 102 Å². The van der Waals surface area contributed by atoms with E-state index in [-0.39, 0.29) is 0 Å². The van der Waals surface area contributed by atoms with Crippen LogP contribution in [0.5, 0.6) is 0 Å². The highest BCUT2D eigenvalue weighted by Gasteiger charge is 1.97. The first-order valence-electron chi connectivity index (χ1n) is 5.85. The number of aromatic nitrogens is 1. The number of ether oxygens (including phenoxy) is 2. The molecule has 96 valence electrons. The molecule has 5 heteroatoms. The molecule has 0 bridgehead atoms. The van der Waals surface area contributed by atoms with Crippen LogP contribution in [-0.2, 0) is 9.47 Å². The second-order valence-electron chi connectivity index (χ2n) is 3.68. The second-order valence-corrected chi connectivity index (χ2v) is 3.68. The van der Waals surface area contributed by atoms with E-state index in [4.69, 9.17) is 15.2 Å². The van der Waals surface area contributed by atoms with Crippen LogP contribution >= 0.6 is 0 Å². The minimum Gasteiger partial charge on any atom is -0.396 e. The minimum absolute atomic E-state index is 0.655. The lowest BCUT2D eigenvalue weighted by Crippen LogP contribution is -2.08. The number of unbranched alkanes of at least 4 members (excludes halogenated alkanes) is 1. The van der Waals surface area contributed by atoms with Crippen LogP contribution in [0.15, 0.2) is 18.3 Å². The number of rotatable bonds is 9. The fourth-order valence-electron chi connectivity index (χ4n) is 1.35. The molecule has 0 unspecified atom stereocenters. The summed E-state index contributed by atoms with van der Waals surface area (Å²) in [4.78, 5) is 4.15. The Morgan fingerprint density at radius 1 is 1.29 bits per heavy atom. The van der Waals surface area contributed by atoms with Gasteiger partial charge in [0.1, 0.15) is 5.82 Å². The van der Waals surface area contributed by atoms with Crippen LogP contribution in [0.1, 0.15) is 12.8 Å². The Balaban J connectivity index is 1.99. The zero-order chi connectivity index (χ0) is 12.3. The minimum atomic E-state index is 0.655. The number of nitrogens with one attached hydrogen (secondary N) is 1. The molecule has 0 spiro atoms. The van der Waals surface area contributed by atoms with Crippen molar-refractivity contribution in [2.24, 2.45) is 0 Å². The summed E-state index contributed by atoms with van der Waals surface area (Å²) in [5, 5.41) is 3.20. The number of anilines is 2. The summed E-state index contributed by atoms with van der Waals surface area (Å²) in [5.74, 6) is 0.757. The summed E-state index contributed by atoms with van der Waals surface area (Å²) in [5.41, 5.74) is 6.44. The van der Waals surface area contributed by atoms with Gasteiger partial charge in [-0.15, -0.1) is 0 Å². The molecule has 0 aliphatic carbocycles. The third-order valence-electron chi connectivity index (χ3n) is 2.28. The van der Waals surface area contributed by atoms with Gasteiger partial charge in [0.15, 0.2) is 0 Å². The third kappa shape index (κ3) is 6.09. The summed E-state index contributed by atoms with van der Waals surface area (Å²) in [6.45, 7) is 2.94. The fourth-order valence-corrected chi connectivity index (χ4v) is 1.35. The van der Waals surface area contributed by atoms with Gasteiger partial charge in [0.2, 0.25) is 0 Å². The smallest absolute Gasteiger partial charge is 0.149 e. The summed E-state index contributed by atoms with van der Waals surface area (Å²) in [6, 6.07) is 3.66. The van der Waals surface area contributed by atoms with Crippen molar-refractivity contribution >= 4 is 11.5 Å². The van der Waals surface area contributed by atoms with Crippen molar-refractivity contribution in [3.63, 3.8) is 0 Å². The molecule has 0 radical (unpaired) electrons. The summed E-state index contributed by atoms with van der Waals surface area (Å²) in [7, 11) is 1.67. The van der Waals surface area contributed by atoms with Crippen LogP contribution in [0.3, 0.4) is 0 Å². The van der Waals surface area contributed by atoms with Gasteiger partial charge in [0.05, 0.1) is 18.9 Å². The van der Waals surface area contributed by atoms with Crippen molar-refractivity contribution in [2.75, 3.05) is 44.5 Å². The molecular formula is C12H21N3O2. The first-order valence-corrected chi connectivity index (χ1v) is 5.85. The van der Waals surface area contributed by atoms with Gasteiger partial charge >= 0.3 is 0 Å². The lowest BCUT2D eigenvalue weighted by Gasteiger charge is -2.07. The van der Waals surface area contributed by atoms with Gasteiger partial charge in [-0.25, -0.2) is 4.98 Å². The monoisotopic (exact) mass is 239 g/mol. The third-order valence-corrected chi connectivity index (χ3v) is 2.28. The zero-order valence-electron chi connectivity index (χ0n) is 10.3. The molecule has 0 aliphatic heterocycles. The number of methoxy groups -OCH3 is 1. The first kappa shape index (κ1) is 13.7. The SMILES string of the molecule is COCCOCCCCNc1ncccc1N. The number of hydrogen-bond acceptors (Lipinski definition) is 5. The van der Waals surface area contributed by atoms with Crippen molar-refractivity contribution in [3.05, 3.63) is 18.3 Å². The maximum Gasteiger partial charge on any atom is 0.149 e. The molecule has 0 amide bonds. The topological polar surface area (TPSA) is 69.4 Å². The number of pyridine rings is 1. The maximum atomic E-state index is 5.75. The molecular weight excluding hydrogens is 218 g/mol. The van der Waals surface area contributed by atoms with E-state index in [1.54, 1.807) is 13.3 Å². The van der Waals surface area contributed by atoms with E-state index < -0.39 is 0 Å². The standard InChI is InChI=1S/C12H21N3O2/c1-16-9-10-17-8-3-2-6-14-12-11(13)5-4-7-15-12/h4-5,7H,2-3,6,8-10,13H2,1H3,(H,14,15). The molecule has 1 aromatic heterocycles. The molecule has 17 heavy (non-hydrogen) atoms. The second kappa shape index (κ2) is 8.78. The number of nitrogens with two attached hydrogens (primary N) is 1. The van der Waals surface area contributed by atoms with Gasteiger partial charge in [-0.1, -0.05) is 0 Å². The summed E-state index contributed by atoms with van der Waals surface area (Å²) in [6.07, 6.45) is 3.78. The number of nitrogen functional groups attached to an aromatic ring is 1. The van der Waals surface area contributed by atoms with Gasteiger partial charge in [-0.2, -0.15) is 0 Å². The van der Waals surface area contributed by atoms with E-state index in [2.05, 4.69) is 10.3 Å². The van der Waals surface area contributed by atoms with Crippen LogP contribution < -0.4 is 11.1 Å². The average molecular weight is 239 g/mol. The van der Waals surface area contributed by atoms with Gasteiger partial charge in [-0.3, -0.25) is 0 Å². The molecule has 1 heterocycles. The van der Waals surface area contributed by atoms with E-state index in [9.17, 15) is 0 Å². The number of hydrogen-bond donors (Lipinski definition) is 2. The van der Waals surface area contributed by atoms with Crippen LogP contribution in [-0.4, -0.2) is 38.5 Å². The lowest BCUT2D eigenvalue weighted by atomic mass is 10.3. The highest BCUT2D eigenvalue weighted by atomic mass is 16.5. The Hall–Kier alpha value is -1.33. The highest BCUT2D eigenvalue weighted by molar-refractivity contribution is 5.60. The molecule has 0 saturated carbocycles. The molecule has 1 aromatic rings. The van der Waals surface area contributed by atoms with Crippen LogP contribution in [0, 0.1) is 0 Å². The molecule has 0 aliphatic rings. The molecule has 5 nitrogen and oxygen atoms in total. The van der Waals surface area contributed by atoms with E-state index >= 15 is 0 Å². The molecule has 0 saturated heterocycles. The molecule has 1 rings (SSSR count). The van der Waals surface area contributed by atoms with Crippen molar-refractivity contribution < 1.29 is 9.47 Å². The number of nitrogens with zero attached hydrogens (tertiary/aromatic N) is 1.